The molecule has 9 heteroatoms. The van der Waals surface area contributed by atoms with Crippen molar-refractivity contribution in [3.8, 4) is 0 Å². The molecule has 0 bridgehead atoms. The number of nitrogens with zero attached hydrogens (tertiary/aromatic N) is 3. The largest absolute Gasteiger partial charge is 0.447 e. The number of urea groups is 1. The summed E-state index contributed by atoms with van der Waals surface area (Å²) in [6.45, 7) is 4.31. The molecule has 22 heavy (non-hydrogen) atoms. The minimum Gasteiger partial charge on any atom is -0.447 e. The number of cyclic esters (lactones) is 1. The number of carbonyl (C=O) groups is 2. The summed E-state index contributed by atoms with van der Waals surface area (Å²) >= 11 is 7.42. The van der Waals surface area contributed by atoms with Gasteiger partial charge >= 0.3 is 12.1 Å². The Morgan fingerprint density at radius 3 is 3.09 bits per heavy atom. The first kappa shape index (κ1) is 15.4. The van der Waals surface area contributed by atoms with Gasteiger partial charge < -0.3 is 15.0 Å². The number of halogens is 1. The molecule has 7 nitrogen and oxygen atoms in total. The van der Waals surface area contributed by atoms with E-state index in [0.717, 1.165) is 10.7 Å². The molecule has 2 saturated heterocycles. The first-order chi connectivity index (χ1) is 10.5. The van der Waals surface area contributed by atoms with Crippen molar-refractivity contribution < 1.29 is 14.3 Å². The van der Waals surface area contributed by atoms with E-state index in [-0.39, 0.29) is 18.2 Å². The second-order valence-electron chi connectivity index (χ2n) is 5.32. The lowest BCUT2D eigenvalue weighted by atomic mass is 10.2. The fourth-order valence-electron chi connectivity index (χ4n) is 2.60. The maximum absolute atomic E-state index is 12.2. The zero-order chi connectivity index (χ0) is 15.7. The van der Waals surface area contributed by atoms with Crippen LogP contribution in [0.2, 0.25) is 4.34 Å². The van der Waals surface area contributed by atoms with Crippen molar-refractivity contribution in [1.82, 2.24) is 20.1 Å². The number of amides is 3. The Hall–Kier alpha value is -1.54. The highest BCUT2D eigenvalue weighted by molar-refractivity contribution is 7.16. The summed E-state index contributed by atoms with van der Waals surface area (Å²) in [7, 11) is 0. The number of nitrogens with one attached hydrogen (secondary N) is 1. The summed E-state index contributed by atoms with van der Waals surface area (Å²) in [5.74, 6) is 0. The number of rotatable bonds is 3. The summed E-state index contributed by atoms with van der Waals surface area (Å²) in [5.41, 5.74) is 0.829. The van der Waals surface area contributed by atoms with E-state index < -0.39 is 0 Å². The Bertz CT molecular complexity index is 574. The van der Waals surface area contributed by atoms with E-state index in [1.54, 1.807) is 9.80 Å². The van der Waals surface area contributed by atoms with Gasteiger partial charge in [-0.3, -0.25) is 4.90 Å². The number of hydrogen-bond donors (Lipinski definition) is 1. The Morgan fingerprint density at radius 2 is 2.36 bits per heavy atom. The van der Waals surface area contributed by atoms with Crippen molar-refractivity contribution in [2.75, 3.05) is 32.8 Å². The van der Waals surface area contributed by atoms with Gasteiger partial charge in [-0.05, 0) is 6.92 Å². The minimum absolute atomic E-state index is 0.0209. The number of aryl methyl sites for hydroxylation is 1. The van der Waals surface area contributed by atoms with E-state index in [1.807, 2.05) is 6.92 Å². The predicted molar refractivity (Wildman–Crippen MR) is 82.4 cm³/mol. The fourth-order valence-corrected chi connectivity index (χ4v) is 3.70. The van der Waals surface area contributed by atoms with Crippen LogP contribution in [0, 0.1) is 6.92 Å². The maximum atomic E-state index is 12.2. The first-order valence-corrected chi connectivity index (χ1v) is 8.32. The van der Waals surface area contributed by atoms with E-state index in [1.165, 1.54) is 11.3 Å². The molecule has 1 N–H and O–H groups in total. The highest BCUT2D eigenvalue weighted by Gasteiger charge is 2.38. The van der Waals surface area contributed by atoms with Crippen molar-refractivity contribution in [3.63, 3.8) is 0 Å². The van der Waals surface area contributed by atoms with Crippen LogP contribution < -0.4 is 5.32 Å². The highest BCUT2D eigenvalue weighted by atomic mass is 35.5. The molecule has 1 aromatic rings. The van der Waals surface area contributed by atoms with Crippen molar-refractivity contribution in [2.24, 2.45) is 0 Å². The molecule has 2 fully saturated rings. The van der Waals surface area contributed by atoms with E-state index >= 15 is 0 Å². The molecule has 1 atom stereocenters. The molecular formula is C13H17ClN4O3S. The van der Waals surface area contributed by atoms with Crippen LogP contribution in [0.4, 0.5) is 9.59 Å². The highest BCUT2D eigenvalue weighted by Crippen LogP contribution is 2.23. The SMILES string of the molecule is Cc1nc(CCNC(=O)N2CCN3C(=O)OCC3C2)sc1Cl. The molecule has 3 heterocycles. The number of aromatic nitrogens is 1. The van der Waals surface area contributed by atoms with Crippen LogP contribution in [-0.2, 0) is 11.2 Å². The van der Waals surface area contributed by atoms with Gasteiger partial charge in [0.15, 0.2) is 0 Å². The van der Waals surface area contributed by atoms with Crippen LogP contribution in [0.15, 0.2) is 0 Å². The molecule has 1 unspecified atom stereocenters. The average Bonchev–Trinajstić information content (AvgIpc) is 3.02. The molecule has 2 aliphatic heterocycles. The van der Waals surface area contributed by atoms with Crippen LogP contribution in [-0.4, -0.2) is 65.7 Å². The van der Waals surface area contributed by atoms with Gasteiger partial charge in [0.25, 0.3) is 0 Å². The molecule has 1 aromatic heterocycles. The fraction of sp³-hybridized carbons (Fsp3) is 0.615. The van der Waals surface area contributed by atoms with Crippen molar-refractivity contribution in [1.29, 1.82) is 0 Å². The normalized spacial score (nSPS) is 20.8. The third-order valence-electron chi connectivity index (χ3n) is 3.80. The zero-order valence-electron chi connectivity index (χ0n) is 12.2. The Morgan fingerprint density at radius 1 is 1.55 bits per heavy atom. The lowest BCUT2D eigenvalue weighted by Crippen LogP contribution is -2.56. The second-order valence-corrected chi connectivity index (χ2v) is 7.00. The quantitative estimate of drug-likeness (QED) is 0.901. The predicted octanol–water partition coefficient (Wildman–Crippen LogP) is 1.49. The topological polar surface area (TPSA) is 74.8 Å². The number of thiazole rings is 1. The average molecular weight is 345 g/mol. The lowest BCUT2D eigenvalue weighted by Gasteiger charge is -2.35. The standard InChI is InChI=1S/C13H17ClN4O3S/c1-8-11(14)22-10(16-8)2-3-15-12(19)17-4-5-18-9(6-17)7-21-13(18)20/h9H,2-7H2,1H3,(H,15,19). The molecule has 2 aliphatic rings. The lowest BCUT2D eigenvalue weighted by molar-refractivity contribution is 0.127. The molecule has 0 aromatic carbocycles. The molecule has 0 radical (unpaired) electrons. The monoisotopic (exact) mass is 344 g/mol. The van der Waals surface area contributed by atoms with Crippen LogP contribution in [0.5, 0.6) is 0 Å². The Labute approximate surface area is 137 Å². The van der Waals surface area contributed by atoms with Gasteiger partial charge in [0, 0.05) is 32.6 Å². The van der Waals surface area contributed by atoms with Crippen LogP contribution in [0.1, 0.15) is 10.7 Å². The maximum Gasteiger partial charge on any atom is 0.410 e. The summed E-state index contributed by atoms with van der Waals surface area (Å²) in [6.07, 6.45) is 0.385. The summed E-state index contributed by atoms with van der Waals surface area (Å²) in [5, 5.41) is 3.81. The molecule has 3 rings (SSSR count). The summed E-state index contributed by atoms with van der Waals surface area (Å²) < 4.78 is 5.69. The van der Waals surface area contributed by atoms with Gasteiger partial charge in [0.1, 0.15) is 10.9 Å². The smallest absolute Gasteiger partial charge is 0.410 e. The van der Waals surface area contributed by atoms with E-state index in [4.69, 9.17) is 16.3 Å². The van der Waals surface area contributed by atoms with Crippen LogP contribution >= 0.6 is 22.9 Å². The van der Waals surface area contributed by atoms with E-state index in [9.17, 15) is 9.59 Å². The number of hydrogen-bond acceptors (Lipinski definition) is 5. The molecule has 0 spiro atoms. The number of ether oxygens (including phenoxy) is 1. The van der Waals surface area contributed by atoms with Crippen LogP contribution in [0.25, 0.3) is 0 Å². The van der Waals surface area contributed by atoms with Gasteiger partial charge in [0.05, 0.1) is 16.7 Å². The van der Waals surface area contributed by atoms with Gasteiger partial charge in [-0.15, -0.1) is 11.3 Å². The van der Waals surface area contributed by atoms with Crippen molar-refractivity contribution in [2.45, 2.75) is 19.4 Å². The van der Waals surface area contributed by atoms with E-state index in [2.05, 4.69) is 10.3 Å². The van der Waals surface area contributed by atoms with Gasteiger partial charge in [0.2, 0.25) is 0 Å². The van der Waals surface area contributed by atoms with Crippen LogP contribution in [0.3, 0.4) is 0 Å². The Balaban J connectivity index is 1.45. The third kappa shape index (κ3) is 3.12. The minimum atomic E-state index is -0.277. The summed E-state index contributed by atoms with van der Waals surface area (Å²) in [4.78, 5) is 31.3. The molecule has 120 valence electrons. The molecule has 0 saturated carbocycles. The number of piperazine rings is 1. The van der Waals surface area contributed by atoms with Gasteiger partial charge in [-0.25, -0.2) is 14.6 Å². The second kappa shape index (κ2) is 6.29. The summed E-state index contributed by atoms with van der Waals surface area (Å²) in [6, 6.07) is -0.134. The van der Waals surface area contributed by atoms with E-state index in [0.29, 0.717) is 43.5 Å². The van der Waals surface area contributed by atoms with Gasteiger partial charge in [-0.2, -0.15) is 0 Å². The third-order valence-corrected chi connectivity index (χ3v) is 5.31. The zero-order valence-corrected chi connectivity index (χ0v) is 13.7. The van der Waals surface area contributed by atoms with Crippen molar-refractivity contribution >= 4 is 35.1 Å². The Kier molecular flexibility index (Phi) is 4.39. The molecule has 3 amide bonds. The number of fused-ring (bicyclic) bond motifs is 1. The van der Waals surface area contributed by atoms with Gasteiger partial charge in [-0.1, -0.05) is 11.6 Å². The molecular weight excluding hydrogens is 328 g/mol. The first-order valence-electron chi connectivity index (χ1n) is 7.12. The number of carbonyl (C=O) groups excluding carboxylic acids is 2. The molecule has 0 aliphatic carbocycles. The van der Waals surface area contributed by atoms with Crippen molar-refractivity contribution in [3.05, 3.63) is 15.0 Å².